The van der Waals surface area contributed by atoms with Gasteiger partial charge < -0.3 is 20.4 Å². The molecule has 2 rings (SSSR count). The van der Waals surface area contributed by atoms with E-state index in [1.807, 2.05) is 14.0 Å². The molecule has 0 aromatic heterocycles. The monoisotopic (exact) mass is 423 g/mol. The highest BCUT2D eigenvalue weighted by molar-refractivity contribution is 6.31. The number of hydrogen-bond donors (Lipinski definition) is 3. The molecule has 1 aromatic carbocycles. The Hall–Kier alpha value is -2.09. The lowest BCUT2D eigenvalue weighted by Gasteiger charge is -2.24. The molecule has 3 N–H and O–H groups in total. The molecule has 8 heteroatoms. The van der Waals surface area contributed by atoms with E-state index in [0.717, 1.165) is 43.9 Å². The highest BCUT2D eigenvalue weighted by Crippen LogP contribution is 2.20. The van der Waals surface area contributed by atoms with Crippen molar-refractivity contribution < 1.29 is 9.13 Å². The summed E-state index contributed by atoms with van der Waals surface area (Å²) < 4.78 is 19.1. The highest BCUT2D eigenvalue weighted by atomic mass is 35.5. The lowest BCUT2D eigenvalue weighted by atomic mass is 9.98. The number of hydrazine groups is 1. The van der Waals surface area contributed by atoms with Crippen molar-refractivity contribution in [3.05, 3.63) is 52.2 Å². The molecule has 0 atom stereocenters. The molecular formula is C21H31ClFN5O. The first-order valence-corrected chi connectivity index (χ1v) is 10.1. The Morgan fingerprint density at radius 3 is 2.79 bits per heavy atom. The second-order valence-corrected chi connectivity index (χ2v) is 7.48. The van der Waals surface area contributed by atoms with E-state index >= 15 is 0 Å². The minimum atomic E-state index is -0.323. The van der Waals surface area contributed by atoms with Crippen LogP contribution >= 0.6 is 11.6 Å². The molecule has 0 amide bonds. The van der Waals surface area contributed by atoms with Crippen molar-refractivity contribution in [3.8, 4) is 5.75 Å². The molecule has 1 aromatic rings. The van der Waals surface area contributed by atoms with Gasteiger partial charge in [-0.15, -0.1) is 0 Å². The van der Waals surface area contributed by atoms with E-state index < -0.39 is 0 Å². The SMILES string of the molecule is C=N/C(C)=C(NCC1CCNCC1)/C(Cl)=C\N(C)NCc1ccc(OC)cc1F. The first kappa shape index (κ1) is 23.2. The smallest absolute Gasteiger partial charge is 0.131 e. The second kappa shape index (κ2) is 11.8. The normalized spacial score (nSPS) is 16.2. The summed E-state index contributed by atoms with van der Waals surface area (Å²) in [6.45, 7) is 8.72. The largest absolute Gasteiger partial charge is 0.497 e. The molecule has 6 nitrogen and oxygen atoms in total. The number of nitrogens with zero attached hydrogens (tertiary/aromatic N) is 2. The fourth-order valence-corrected chi connectivity index (χ4v) is 3.43. The van der Waals surface area contributed by atoms with Crippen LogP contribution in [0.5, 0.6) is 5.75 Å². The summed E-state index contributed by atoms with van der Waals surface area (Å²) in [4.78, 5) is 4.03. The number of rotatable bonds is 10. The summed E-state index contributed by atoms with van der Waals surface area (Å²) in [6.07, 6.45) is 4.01. The molecule has 0 unspecified atom stereocenters. The Balaban J connectivity index is 1.97. The summed E-state index contributed by atoms with van der Waals surface area (Å²) in [6, 6.07) is 4.79. The predicted octanol–water partition coefficient (Wildman–Crippen LogP) is 3.37. The van der Waals surface area contributed by atoms with Gasteiger partial charge in [-0.2, -0.15) is 0 Å². The van der Waals surface area contributed by atoms with E-state index in [2.05, 4.69) is 27.8 Å². The molecule has 0 spiro atoms. The number of benzene rings is 1. The molecule has 1 aliphatic heterocycles. The molecular weight excluding hydrogens is 393 g/mol. The van der Waals surface area contributed by atoms with Gasteiger partial charge in [0.25, 0.3) is 0 Å². The van der Waals surface area contributed by atoms with Gasteiger partial charge in [-0.1, -0.05) is 17.7 Å². The Kier molecular flexibility index (Phi) is 9.44. The van der Waals surface area contributed by atoms with Gasteiger partial charge in [-0.05, 0) is 51.6 Å². The van der Waals surface area contributed by atoms with E-state index in [1.165, 1.54) is 13.2 Å². The standard InChI is InChI=1S/C21H31ClFN5O/c1-15(24-2)21(26-12-16-7-9-25-10-8-16)19(22)14-28(3)27-13-17-5-6-18(29-4)11-20(17)23/h5-6,11,14,16,25-27H,2,7-10,12-13H2,1,3-4H3/b19-14+,21-15-. The van der Waals surface area contributed by atoms with Crippen LogP contribution in [0.2, 0.25) is 0 Å². The number of methoxy groups -OCH3 is 1. The molecule has 0 radical (unpaired) electrons. The van der Waals surface area contributed by atoms with E-state index in [4.69, 9.17) is 16.3 Å². The maximum absolute atomic E-state index is 14.1. The molecule has 0 saturated carbocycles. The summed E-state index contributed by atoms with van der Waals surface area (Å²) >= 11 is 6.55. The topological polar surface area (TPSA) is 60.9 Å². The molecule has 1 aliphatic rings. The minimum absolute atomic E-state index is 0.313. The molecule has 29 heavy (non-hydrogen) atoms. The molecule has 160 valence electrons. The van der Waals surface area contributed by atoms with Crippen molar-refractivity contribution in [3.63, 3.8) is 0 Å². The Morgan fingerprint density at radius 1 is 1.45 bits per heavy atom. The highest BCUT2D eigenvalue weighted by Gasteiger charge is 2.15. The molecule has 1 fully saturated rings. The summed E-state index contributed by atoms with van der Waals surface area (Å²) in [5, 5.41) is 9.01. The Labute approximate surface area is 177 Å². The van der Waals surface area contributed by atoms with Gasteiger partial charge in [0.1, 0.15) is 11.6 Å². The third-order valence-corrected chi connectivity index (χ3v) is 5.24. The second-order valence-electron chi connectivity index (χ2n) is 7.07. The zero-order valence-electron chi connectivity index (χ0n) is 17.4. The molecule has 1 heterocycles. The predicted molar refractivity (Wildman–Crippen MR) is 117 cm³/mol. The van der Waals surface area contributed by atoms with Crippen molar-refractivity contribution in [1.29, 1.82) is 0 Å². The van der Waals surface area contributed by atoms with Crippen LogP contribution in [-0.4, -0.2) is 45.5 Å². The molecule has 0 bridgehead atoms. The zero-order valence-corrected chi connectivity index (χ0v) is 18.2. The van der Waals surface area contributed by atoms with Crippen molar-refractivity contribution in [2.75, 3.05) is 33.8 Å². The maximum Gasteiger partial charge on any atom is 0.131 e. The first-order chi connectivity index (χ1) is 13.9. The minimum Gasteiger partial charge on any atom is -0.497 e. The average molecular weight is 424 g/mol. The summed E-state index contributed by atoms with van der Waals surface area (Å²) in [5.41, 5.74) is 5.13. The van der Waals surface area contributed by atoms with Gasteiger partial charge in [-0.25, -0.2) is 9.82 Å². The van der Waals surface area contributed by atoms with Crippen LogP contribution in [0.3, 0.4) is 0 Å². The number of ether oxygens (including phenoxy) is 1. The first-order valence-electron chi connectivity index (χ1n) is 9.73. The van der Waals surface area contributed by atoms with Crippen LogP contribution in [0.1, 0.15) is 25.3 Å². The van der Waals surface area contributed by atoms with Crippen LogP contribution in [-0.2, 0) is 6.54 Å². The zero-order chi connectivity index (χ0) is 21.2. The van der Waals surface area contributed by atoms with E-state index in [0.29, 0.717) is 28.8 Å². The van der Waals surface area contributed by atoms with Gasteiger partial charge in [0.2, 0.25) is 0 Å². The van der Waals surface area contributed by atoms with Crippen molar-refractivity contribution in [1.82, 2.24) is 21.1 Å². The number of halogens is 2. The van der Waals surface area contributed by atoms with Crippen LogP contribution in [0, 0.1) is 11.7 Å². The number of piperidine rings is 1. The molecule has 1 saturated heterocycles. The van der Waals surface area contributed by atoms with Gasteiger partial charge in [0.15, 0.2) is 0 Å². The number of allylic oxidation sites excluding steroid dienone is 2. The maximum atomic E-state index is 14.1. The Bertz CT molecular complexity index is 747. The van der Waals surface area contributed by atoms with Gasteiger partial charge >= 0.3 is 0 Å². The summed E-state index contributed by atoms with van der Waals surface area (Å²) in [7, 11) is 3.32. The van der Waals surface area contributed by atoms with Crippen molar-refractivity contribution >= 4 is 18.3 Å². The third kappa shape index (κ3) is 7.34. The van der Waals surface area contributed by atoms with Gasteiger partial charge in [-0.3, -0.25) is 4.99 Å². The fraction of sp³-hybridized carbons (Fsp3) is 0.476. The molecule has 0 aliphatic carbocycles. The van der Waals surface area contributed by atoms with Crippen LogP contribution in [0.15, 0.2) is 45.8 Å². The summed E-state index contributed by atoms with van der Waals surface area (Å²) in [5.74, 6) is 0.767. The van der Waals surface area contributed by atoms with Crippen molar-refractivity contribution in [2.45, 2.75) is 26.3 Å². The van der Waals surface area contributed by atoms with Crippen molar-refractivity contribution in [2.24, 2.45) is 10.9 Å². The quantitative estimate of drug-likeness (QED) is 0.306. The number of aliphatic imine (C=N–C) groups is 1. The van der Waals surface area contributed by atoms with E-state index in [9.17, 15) is 4.39 Å². The van der Waals surface area contributed by atoms with Crippen LogP contribution in [0.4, 0.5) is 4.39 Å². The average Bonchev–Trinajstić information content (AvgIpc) is 2.73. The fourth-order valence-electron chi connectivity index (χ4n) is 3.08. The van der Waals surface area contributed by atoms with E-state index in [1.54, 1.807) is 23.3 Å². The van der Waals surface area contributed by atoms with Gasteiger partial charge in [0.05, 0.1) is 23.5 Å². The third-order valence-electron chi connectivity index (χ3n) is 4.95. The number of nitrogens with one attached hydrogen (secondary N) is 3. The van der Waals surface area contributed by atoms with Crippen LogP contribution < -0.4 is 20.8 Å². The van der Waals surface area contributed by atoms with Gasteiger partial charge in [0, 0.05) is 38.0 Å². The Morgan fingerprint density at radius 2 is 2.17 bits per heavy atom. The number of hydrogen-bond acceptors (Lipinski definition) is 6. The van der Waals surface area contributed by atoms with E-state index in [-0.39, 0.29) is 5.82 Å². The lowest BCUT2D eigenvalue weighted by Crippen LogP contribution is -2.34. The lowest BCUT2D eigenvalue weighted by molar-refractivity contribution is 0.319. The van der Waals surface area contributed by atoms with Crippen LogP contribution in [0.25, 0.3) is 0 Å².